The van der Waals surface area contributed by atoms with Crippen LogP contribution in [0.3, 0.4) is 0 Å². The molecule has 4 aliphatic rings. The van der Waals surface area contributed by atoms with E-state index in [2.05, 4.69) is 9.71 Å². The lowest BCUT2D eigenvalue weighted by atomic mass is 9.89. The molecule has 2 aliphatic carbocycles. The van der Waals surface area contributed by atoms with Gasteiger partial charge in [0.25, 0.3) is 5.19 Å². The largest absolute Gasteiger partial charge is 0.465 e. The van der Waals surface area contributed by atoms with Gasteiger partial charge in [-0.2, -0.15) is 0 Å². The monoisotopic (exact) mass is 721 g/mol. The van der Waals surface area contributed by atoms with Gasteiger partial charge in [-0.25, -0.2) is 17.8 Å². The molecule has 3 fully saturated rings. The molecule has 1 N–H and O–H groups in total. The van der Waals surface area contributed by atoms with Gasteiger partial charge in [0.1, 0.15) is 11.9 Å². The number of Topliss-reactive ketones (excluding diaryl/α,β-unsaturated/α-hetero) is 1. The van der Waals surface area contributed by atoms with Crippen LogP contribution >= 0.6 is 11.3 Å². The number of para-hydroxylation sites is 1. The Morgan fingerprint density at radius 3 is 2.70 bits per heavy atom. The molecule has 9 nitrogen and oxygen atoms in total. The van der Waals surface area contributed by atoms with E-state index in [9.17, 15) is 27.2 Å². The summed E-state index contributed by atoms with van der Waals surface area (Å²) in [5.74, 6) is -2.23. The molecular weight excluding hydrogens is 678 g/mol. The van der Waals surface area contributed by atoms with Crippen LogP contribution in [0.2, 0.25) is 0 Å². The lowest BCUT2D eigenvalue weighted by molar-refractivity contribution is -0.142. The summed E-state index contributed by atoms with van der Waals surface area (Å²) in [6.07, 6.45) is 9.11. The zero-order valence-corrected chi connectivity index (χ0v) is 30.2. The van der Waals surface area contributed by atoms with E-state index in [1.807, 2.05) is 49.4 Å². The van der Waals surface area contributed by atoms with Crippen molar-refractivity contribution < 1.29 is 31.9 Å². The van der Waals surface area contributed by atoms with Crippen molar-refractivity contribution in [2.75, 3.05) is 6.54 Å². The predicted molar refractivity (Wildman–Crippen MR) is 190 cm³/mol. The van der Waals surface area contributed by atoms with Crippen molar-refractivity contribution in [1.82, 2.24) is 14.6 Å². The number of halogens is 1. The fourth-order valence-corrected chi connectivity index (χ4v) is 9.89. The van der Waals surface area contributed by atoms with Crippen molar-refractivity contribution >= 4 is 49.2 Å². The number of nitrogens with one attached hydrogen (secondary N) is 1. The van der Waals surface area contributed by atoms with Crippen molar-refractivity contribution in [1.29, 1.82) is 0 Å². The summed E-state index contributed by atoms with van der Waals surface area (Å²) in [5.41, 5.74) is 1.10. The van der Waals surface area contributed by atoms with Crippen LogP contribution in [0.1, 0.15) is 82.3 Å². The van der Waals surface area contributed by atoms with Crippen LogP contribution in [-0.4, -0.2) is 59.3 Å². The quantitative estimate of drug-likeness (QED) is 0.279. The van der Waals surface area contributed by atoms with E-state index < -0.39 is 44.2 Å². The van der Waals surface area contributed by atoms with Gasteiger partial charge in [0.05, 0.1) is 33.0 Å². The minimum absolute atomic E-state index is 0.166. The Morgan fingerprint density at radius 2 is 1.94 bits per heavy atom. The number of benzene rings is 2. The molecule has 0 radical (unpaired) electrons. The van der Waals surface area contributed by atoms with Crippen molar-refractivity contribution in [3.05, 3.63) is 71.6 Å². The van der Waals surface area contributed by atoms with Crippen molar-refractivity contribution in [3.8, 4) is 5.19 Å². The maximum absolute atomic E-state index is 14.6. The van der Waals surface area contributed by atoms with Crippen molar-refractivity contribution in [2.24, 2.45) is 17.3 Å². The fraction of sp³-hybridized carbons (Fsp3) is 0.526. The number of thiazole rings is 1. The molecule has 2 aliphatic heterocycles. The number of hydrogen-bond donors (Lipinski definition) is 1. The summed E-state index contributed by atoms with van der Waals surface area (Å²) in [5, 5.41) is 0.452. The maximum atomic E-state index is 14.6. The number of aryl methyl sites for hydroxylation is 1. The Balaban J connectivity index is 1.19. The Bertz CT molecular complexity index is 1900. The molecule has 0 spiro atoms. The Kier molecular flexibility index (Phi) is 9.38. The number of aromatic nitrogens is 1. The van der Waals surface area contributed by atoms with Crippen LogP contribution < -0.4 is 9.46 Å². The van der Waals surface area contributed by atoms with Gasteiger partial charge in [-0.05, 0) is 100 Å². The highest BCUT2D eigenvalue weighted by molar-refractivity contribution is 7.91. The topological polar surface area (TPSA) is 123 Å². The standard InChI is InChI=1S/C38H44FN3O6S2/c1-24-16-25(19-28(39)17-24)18-26-10-6-4-3-5-7-11-27-21-38(27,35(45)41-50(46,47)37(2)14-15-37)22-32(43)31-20-29(23-42(31)34(26)44)48-36-40-30-12-8-9-13-33(30)49-36/h7-9,11-13,16-17,19,26-27,29,31H,3-6,10,14-15,18,20-23H2,1-2H3,(H,41,45)/b11-7-/t26-,27+,29-,31+,38-/m1/s1. The molecule has 1 saturated heterocycles. The van der Waals surface area contributed by atoms with E-state index in [4.69, 9.17) is 4.74 Å². The molecule has 3 heterocycles. The first-order valence-electron chi connectivity index (χ1n) is 17.7. The molecule has 5 atom stereocenters. The number of ether oxygens (including phenoxy) is 1. The third kappa shape index (κ3) is 7.10. The molecule has 1 aromatic heterocycles. The number of allylic oxidation sites excluding steroid dienone is 2. The molecule has 0 bridgehead atoms. The molecule has 266 valence electrons. The Labute approximate surface area is 296 Å². The van der Waals surface area contributed by atoms with Crippen LogP contribution in [0, 0.1) is 30.0 Å². The van der Waals surface area contributed by atoms with Crippen molar-refractivity contribution in [2.45, 2.75) is 101 Å². The van der Waals surface area contributed by atoms with Crippen LogP contribution in [-0.2, 0) is 30.8 Å². The summed E-state index contributed by atoms with van der Waals surface area (Å²) in [6, 6.07) is 11.6. The number of carbonyl (C=O) groups excluding carboxylic acids is 3. The first kappa shape index (κ1) is 34.8. The Hall–Kier alpha value is -3.64. The zero-order valence-electron chi connectivity index (χ0n) is 28.5. The number of rotatable bonds is 7. The normalized spacial score (nSPS) is 29.0. The van der Waals surface area contributed by atoms with E-state index in [0.717, 1.165) is 47.0 Å². The molecule has 3 aromatic rings. The number of ketones is 1. The summed E-state index contributed by atoms with van der Waals surface area (Å²) in [4.78, 5) is 49.0. The number of fused-ring (bicyclic) bond motifs is 3. The highest BCUT2D eigenvalue weighted by Gasteiger charge is 2.62. The smallest absolute Gasteiger partial charge is 0.274 e. The predicted octanol–water partition coefficient (Wildman–Crippen LogP) is 6.44. The highest BCUT2D eigenvalue weighted by atomic mass is 32.2. The van der Waals surface area contributed by atoms with Crippen LogP contribution in [0.25, 0.3) is 10.2 Å². The van der Waals surface area contributed by atoms with E-state index in [0.29, 0.717) is 37.3 Å². The van der Waals surface area contributed by atoms with Gasteiger partial charge in [-0.15, -0.1) is 0 Å². The second kappa shape index (κ2) is 13.5. The fourth-order valence-electron chi connectivity index (χ4n) is 7.68. The number of nitrogens with zero attached hydrogens (tertiary/aromatic N) is 2. The van der Waals surface area contributed by atoms with Gasteiger partial charge in [-0.1, -0.05) is 54.5 Å². The Morgan fingerprint density at radius 1 is 1.14 bits per heavy atom. The molecule has 12 heteroatoms. The van der Waals surface area contributed by atoms with E-state index >= 15 is 0 Å². The van der Waals surface area contributed by atoms with Crippen LogP contribution in [0.4, 0.5) is 4.39 Å². The number of amides is 2. The second-order valence-corrected chi connectivity index (χ2v) is 18.2. The van der Waals surface area contributed by atoms with Gasteiger partial charge < -0.3 is 9.64 Å². The molecular formula is C38H44FN3O6S2. The number of hydrogen-bond acceptors (Lipinski definition) is 8. The molecule has 2 amide bonds. The zero-order chi connectivity index (χ0) is 35.3. The molecule has 7 rings (SSSR count). The lowest BCUT2D eigenvalue weighted by Crippen LogP contribution is -2.47. The summed E-state index contributed by atoms with van der Waals surface area (Å²) < 4.78 is 49.3. The average molecular weight is 722 g/mol. The third-order valence-corrected chi connectivity index (χ3v) is 14.2. The van der Waals surface area contributed by atoms with E-state index in [1.54, 1.807) is 11.8 Å². The van der Waals surface area contributed by atoms with Crippen LogP contribution in [0.15, 0.2) is 54.6 Å². The van der Waals surface area contributed by atoms with Gasteiger partial charge >= 0.3 is 0 Å². The van der Waals surface area contributed by atoms with Crippen LogP contribution in [0.5, 0.6) is 5.19 Å². The minimum Gasteiger partial charge on any atom is -0.465 e. The van der Waals surface area contributed by atoms with E-state index in [1.165, 1.54) is 23.5 Å². The third-order valence-electron chi connectivity index (χ3n) is 11.1. The average Bonchev–Trinajstić information content (AvgIpc) is 3.86. The first-order valence-corrected chi connectivity index (χ1v) is 20.0. The second-order valence-electron chi connectivity index (χ2n) is 15.0. The molecule has 2 aromatic carbocycles. The van der Waals surface area contributed by atoms with Crippen molar-refractivity contribution in [3.63, 3.8) is 0 Å². The van der Waals surface area contributed by atoms with Gasteiger partial charge in [0.2, 0.25) is 21.8 Å². The SMILES string of the molecule is Cc1cc(F)cc(C[C@H]2CCCCC/C=C\[C@H]3C[C@@]3(C(=O)NS(=O)(=O)C3(C)CC3)CC(=O)[C@@H]3C[C@@H](Oc4nc5ccccc5s4)CN3C2=O)c1. The maximum Gasteiger partial charge on any atom is 0.274 e. The first-order chi connectivity index (χ1) is 23.9. The van der Waals surface area contributed by atoms with Gasteiger partial charge in [0.15, 0.2) is 5.78 Å². The minimum atomic E-state index is -3.91. The molecule has 2 saturated carbocycles. The highest BCUT2D eigenvalue weighted by Crippen LogP contribution is 2.57. The molecule has 50 heavy (non-hydrogen) atoms. The lowest BCUT2D eigenvalue weighted by Gasteiger charge is -2.29. The summed E-state index contributed by atoms with van der Waals surface area (Å²) in [7, 11) is -3.91. The summed E-state index contributed by atoms with van der Waals surface area (Å²) >= 11 is 1.40. The van der Waals surface area contributed by atoms with Gasteiger partial charge in [-0.3, -0.25) is 19.1 Å². The number of carbonyl (C=O) groups is 3. The molecule has 0 unspecified atom stereocenters. The summed E-state index contributed by atoms with van der Waals surface area (Å²) in [6.45, 7) is 3.62. The van der Waals surface area contributed by atoms with E-state index in [-0.39, 0.29) is 42.8 Å². The number of sulfonamides is 1. The van der Waals surface area contributed by atoms with Gasteiger partial charge in [0, 0.05) is 18.8 Å².